The number of phenolic OH excluding ortho intramolecular Hbond substituents is 1. The summed E-state index contributed by atoms with van der Waals surface area (Å²) in [6.07, 6.45) is 1.43. The molecule has 0 saturated heterocycles. The van der Waals surface area contributed by atoms with E-state index in [1.165, 1.54) is 25.4 Å². The lowest BCUT2D eigenvalue weighted by Crippen LogP contribution is -2.12. The number of anilines is 2. The number of rotatable bonds is 3. The van der Waals surface area contributed by atoms with Crippen molar-refractivity contribution >= 4 is 17.4 Å². The fourth-order valence-corrected chi connectivity index (χ4v) is 1.50. The van der Waals surface area contributed by atoms with Gasteiger partial charge in [-0.3, -0.25) is 4.79 Å². The Morgan fingerprint density at radius 1 is 1.37 bits per heavy atom. The van der Waals surface area contributed by atoms with Gasteiger partial charge in [-0.2, -0.15) is 0 Å². The minimum absolute atomic E-state index is 0.121. The fraction of sp³-hybridized carbons (Fsp3) is 0.0769. The van der Waals surface area contributed by atoms with Crippen molar-refractivity contribution in [3.63, 3.8) is 0 Å². The number of nitrogens with one attached hydrogen (secondary N) is 1. The Hall–Kier alpha value is -2.76. The summed E-state index contributed by atoms with van der Waals surface area (Å²) in [5, 5.41) is 12.3. The first-order valence-electron chi connectivity index (χ1n) is 5.50. The first-order chi connectivity index (χ1) is 9.10. The summed E-state index contributed by atoms with van der Waals surface area (Å²) in [6, 6.07) is 7.61. The van der Waals surface area contributed by atoms with Crippen LogP contribution >= 0.6 is 0 Å². The quantitative estimate of drug-likeness (QED) is 0.778. The van der Waals surface area contributed by atoms with Crippen molar-refractivity contribution in [1.82, 2.24) is 4.98 Å². The Balaban J connectivity index is 2.22. The molecule has 0 aliphatic carbocycles. The molecule has 4 N–H and O–H groups in total. The van der Waals surface area contributed by atoms with Crippen LogP contribution in [-0.2, 0) is 0 Å². The maximum atomic E-state index is 12.0. The Bertz CT molecular complexity index is 597. The van der Waals surface area contributed by atoms with Crippen molar-refractivity contribution in [2.24, 2.45) is 0 Å². The molecule has 1 heterocycles. The molecule has 0 radical (unpaired) electrons. The zero-order chi connectivity index (χ0) is 13.8. The summed E-state index contributed by atoms with van der Waals surface area (Å²) < 4.78 is 5.01. The predicted octanol–water partition coefficient (Wildman–Crippen LogP) is 1.63. The maximum absolute atomic E-state index is 12.0. The van der Waals surface area contributed by atoms with Crippen LogP contribution in [0.15, 0.2) is 36.5 Å². The molecule has 0 unspecified atom stereocenters. The van der Waals surface area contributed by atoms with Gasteiger partial charge in [0.25, 0.3) is 5.91 Å². The minimum Gasteiger partial charge on any atom is -0.507 e. The molecule has 1 aromatic heterocycles. The molecule has 19 heavy (non-hydrogen) atoms. The summed E-state index contributed by atoms with van der Waals surface area (Å²) >= 11 is 0. The van der Waals surface area contributed by atoms with Crippen LogP contribution in [0.1, 0.15) is 10.4 Å². The van der Waals surface area contributed by atoms with E-state index in [2.05, 4.69) is 10.3 Å². The van der Waals surface area contributed by atoms with Crippen LogP contribution in [0.4, 0.5) is 11.5 Å². The van der Waals surface area contributed by atoms with Gasteiger partial charge < -0.3 is 20.9 Å². The van der Waals surface area contributed by atoms with E-state index in [0.717, 1.165) is 0 Å². The summed E-state index contributed by atoms with van der Waals surface area (Å²) in [5.41, 5.74) is 6.06. The standard InChI is InChI=1S/C13H13N3O3/c1-19-9-3-4-11(17)10(6-9)13(18)16-8-2-5-12(14)15-7-8/h2-7,17H,1H3,(H2,14,15)(H,16,18). The van der Waals surface area contributed by atoms with E-state index in [1.807, 2.05) is 0 Å². The molecular weight excluding hydrogens is 246 g/mol. The lowest BCUT2D eigenvalue weighted by Gasteiger charge is -2.08. The van der Waals surface area contributed by atoms with E-state index in [4.69, 9.17) is 10.5 Å². The number of aromatic hydroxyl groups is 1. The third kappa shape index (κ3) is 2.92. The molecule has 6 nitrogen and oxygen atoms in total. The van der Waals surface area contributed by atoms with Crippen molar-refractivity contribution in [3.8, 4) is 11.5 Å². The van der Waals surface area contributed by atoms with Gasteiger partial charge in [-0.15, -0.1) is 0 Å². The van der Waals surface area contributed by atoms with Crippen molar-refractivity contribution in [2.45, 2.75) is 0 Å². The minimum atomic E-state index is -0.456. The Kier molecular flexibility index (Phi) is 3.51. The van der Waals surface area contributed by atoms with Crippen LogP contribution in [-0.4, -0.2) is 23.1 Å². The van der Waals surface area contributed by atoms with E-state index >= 15 is 0 Å². The van der Waals surface area contributed by atoms with Gasteiger partial charge in [-0.25, -0.2) is 4.98 Å². The first-order valence-corrected chi connectivity index (χ1v) is 5.50. The lowest BCUT2D eigenvalue weighted by molar-refractivity contribution is 0.102. The Labute approximate surface area is 109 Å². The van der Waals surface area contributed by atoms with Crippen molar-refractivity contribution in [2.75, 3.05) is 18.2 Å². The molecule has 0 spiro atoms. The van der Waals surface area contributed by atoms with Crippen molar-refractivity contribution in [1.29, 1.82) is 0 Å². The smallest absolute Gasteiger partial charge is 0.259 e. The average molecular weight is 259 g/mol. The second kappa shape index (κ2) is 5.26. The van der Waals surface area contributed by atoms with E-state index < -0.39 is 5.91 Å². The van der Waals surface area contributed by atoms with Crippen molar-refractivity contribution < 1.29 is 14.6 Å². The zero-order valence-electron chi connectivity index (χ0n) is 10.3. The zero-order valence-corrected chi connectivity index (χ0v) is 10.3. The van der Waals surface area contributed by atoms with Gasteiger partial charge in [0.1, 0.15) is 17.3 Å². The van der Waals surface area contributed by atoms with Gasteiger partial charge in [0.2, 0.25) is 0 Å². The number of nitrogens with zero attached hydrogens (tertiary/aromatic N) is 1. The average Bonchev–Trinajstić information content (AvgIpc) is 2.42. The number of hydrogen-bond donors (Lipinski definition) is 3. The summed E-state index contributed by atoms with van der Waals surface area (Å²) in [6.45, 7) is 0. The van der Waals surface area contributed by atoms with E-state index in [-0.39, 0.29) is 11.3 Å². The lowest BCUT2D eigenvalue weighted by atomic mass is 10.1. The summed E-state index contributed by atoms with van der Waals surface area (Å²) in [7, 11) is 1.48. The molecule has 98 valence electrons. The SMILES string of the molecule is COc1ccc(O)c(C(=O)Nc2ccc(N)nc2)c1. The number of carbonyl (C=O) groups excluding carboxylic acids is 1. The monoisotopic (exact) mass is 259 g/mol. The van der Waals surface area contributed by atoms with Gasteiger partial charge in [0.15, 0.2) is 0 Å². The van der Waals surface area contributed by atoms with E-state index in [9.17, 15) is 9.90 Å². The molecule has 1 amide bonds. The van der Waals surface area contributed by atoms with Crippen LogP contribution in [0.5, 0.6) is 11.5 Å². The van der Waals surface area contributed by atoms with Crippen LogP contribution in [0.2, 0.25) is 0 Å². The Morgan fingerprint density at radius 3 is 2.79 bits per heavy atom. The number of carbonyl (C=O) groups is 1. The second-order valence-electron chi connectivity index (χ2n) is 3.81. The highest BCUT2D eigenvalue weighted by molar-refractivity contribution is 6.06. The number of benzene rings is 1. The highest BCUT2D eigenvalue weighted by Gasteiger charge is 2.12. The predicted molar refractivity (Wildman–Crippen MR) is 71.3 cm³/mol. The number of nitrogens with two attached hydrogens (primary N) is 1. The van der Waals surface area contributed by atoms with Gasteiger partial charge in [-0.1, -0.05) is 0 Å². The van der Waals surface area contributed by atoms with Crippen LogP contribution in [0.25, 0.3) is 0 Å². The van der Waals surface area contributed by atoms with Crippen LogP contribution < -0.4 is 15.8 Å². The highest BCUT2D eigenvalue weighted by Crippen LogP contribution is 2.23. The second-order valence-corrected chi connectivity index (χ2v) is 3.81. The highest BCUT2D eigenvalue weighted by atomic mass is 16.5. The number of phenols is 1. The largest absolute Gasteiger partial charge is 0.507 e. The molecule has 0 atom stereocenters. The molecular formula is C13H13N3O3. The fourth-order valence-electron chi connectivity index (χ4n) is 1.50. The van der Waals surface area contributed by atoms with Gasteiger partial charge in [-0.05, 0) is 30.3 Å². The number of methoxy groups -OCH3 is 1. The Morgan fingerprint density at radius 2 is 2.16 bits per heavy atom. The normalized spacial score (nSPS) is 9.95. The summed E-state index contributed by atoms with van der Waals surface area (Å²) in [4.78, 5) is 15.9. The van der Waals surface area contributed by atoms with Gasteiger partial charge in [0, 0.05) is 0 Å². The van der Waals surface area contributed by atoms with Crippen LogP contribution in [0, 0.1) is 0 Å². The van der Waals surface area contributed by atoms with Gasteiger partial charge >= 0.3 is 0 Å². The third-order valence-corrected chi connectivity index (χ3v) is 2.49. The molecule has 1 aromatic carbocycles. The van der Waals surface area contributed by atoms with E-state index in [1.54, 1.807) is 18.2 Å². The molecule has 6 heteroatoms. The van der Waals surface area contributed by atoms with Gasteiger partial charge in [0.05, 0.1) is 24.6 Å². The number of nitrogen functional groups attached to an aromatic ring is 1. The molecule has 0 aliphatic heterocycles. The number of hydrogen-bond acceptors (Lipinski definition) is 5. The third-order valence-electron chi connectivity index (χ3n) is 2.49. The number of ether oxygens (including phenoxy) is 1. The first kappa shape index (κ1) is 12.7. The molecule has 2 aromatic rings. The molecule has 0 saturated carbocycles. The van der Waals surface area contributed by atoms with E-state index in [0.29, 0.717) is 17.3 Å². The number of aromatic nitrogens is 1. The molecule has 0 bridgehead atoms. The topological polar surface area (TPSA) is 97.5 Å². The van der Waals surface area contributed by atoms with Crippen LogP contribution in [0.3, 0.4) is 0 Å². The molecule has 0 aliphatic rings. The number of pyridine rings is 1. The number of amides is 1. The summed E-state index contributed by atoms with van der Waals surface area (Å²) in [5.74, 6) is 0.269. The molecule has 0 fully saturated rings. The molecule has 2 rings (SSSR count). The maximum Gasteiger partial charge on any atom is 0.259 e. The van der Waals surface area contributed by atoms with Crippen molar-refractivity contribution in [3.05, 3.63) is 42.1 Å².